The van der Waals surface area contributed by atoms with Gasteiger partial charge in [-0.05, 0) is 46.5 Å². The SMILES string of the molecule is COCC1O[C@H](COC(=O)c2ccc(-c3ccccc3)cc2)[C@@H](OC(=O)c2ccc(-c3ccccc3)cc2)[C@@H]1F. The summed E-state index contributed by atoms with van der Waals surface area (Å²) < 4.78 is 37.1. The summed E-state index contributed by atoms with van der Waals surface area (Å²) in [6.45, 7) is -0.322. The van der Waals surface area contributed by atoms with Crippen LogP contribution in [-0.4, -0.2) is 56.7 Å². The smallest absolute Gasteiger partial charge is 0.338 e. The molecule has 6 nitrogen and oxygen atoms in total. The lowest BCUT2D eigenvalue weighted by atomic mass is 10.0. The third-order valence-corrected chi connectivity index (χ3v) is 6.79. The molecule has 0 N–H and O–H groups in total. The topological polar surface area (TPSA) is 71.1 Å². The maximum absolute atomic E-state index is 15.3. The van der Waals surface area contributed by atoms with E-state index in [1.807, 2.05) is 72.8 Å². The number of benzene rings is 4. The van der Waals surface area contributed by atoms with E-state index in [0.717, 1.165) is 22.3 Å². The normalized spacial score (nSPS) is 20.1. The Kier molecular flexibility index (Phi) is 8.64. The zero-order valence-electron chi connectivity index (χ0n) is 21.9. The molecule has 40 heavy (non-hydrogen) atoms. The monoisotopic (exact) mass is 540 g/mol. The van der Waals surface area contributed by atoms with E-state index >= 15 is 4.39 Å². The van der Waals surface area contributed by atoms with Crippen LogP contribution in [0.2, 0.25) is 0 Å². The van der Waals surface area contributed by atoms with Crippen LogP contribution in [0.1, 0.15) is 20.7 Å². The number of hydrogen-bond donors (Lipinski definition) is 0. The molecule has 1 saturated heterocycles. The second-order valence-corrected chi connectivity index (χ2v) is 9.47. The Morgan fingerprint density at radius 2 is 1.12 bits per heavy atom. The molecular formula is C33H29FO6. The van der Waals surface area contributed by atoms with Crippen molar-refractivity contribution in [2.24, 2.45) is 0 Å². The van der Waals surface area contributed by atoms with Gasteiger partial charge in [-0.1, -0.05) is 84.9 Å². The molecule has 204 valence electrons. The van der Waals surface area contributed by atoms with Crippen LogP contribution in [-0.2, 0) is 18.9 Å². The fraction of sp³-hybridized carbons (Fsp3) is 0.212. The fourth-order valence-electron chi connectivity index (χ4n) is 4.66. The van der Waals surface area contributed by atoms with Crippen molar-refractivity contribution in [3.63, 3.8) is 0 Å². The van der Waals surface area contributed by atoms with Gasteiger partial charge in [0, 0.05) is 7.11 Å². The third kappa shape index (κ3) is 6.28. The number of carbonyl (C=O) groups excluding carboxylic acids is 2. The maximum atomic E-state index is 15.3. The molecular weight excluding hydrogens is 511 g/mol. The Morgan fingerprint density at radius 3 is 1.62 bits per heavy atom. The highest BCUT2D eigenvalue weighted by Gasteiger charge is 2.48. The molecule has 0 bridgehead atoms. The molecule has 1 fully saturated rings. The lowest BCUT2D eigenvalue weighted by Gasteiger charge is -2.20. The standard InChI is InChI=1S/C33H29FO6/c1-37-20-28-30(34)31(40-33(36)27-18-14-25(15-19-27)23-10-6-3-7-11-23)29(39-28)21-38-32(35)26-16-12-24(13-17-26)22-8-4-2-5-9-22/h2-19,28-31H,20-21H2,1H3/t28?,29-,30-,31-/m1/s1. The number of esters is 2. The average molecular weight is 541 g/mol. The van der Waals surface area contributed by atoms with E-state index < -0.39 is 36.4 Å². The number of hydrogen-bond acceptors (Lipinski definition) is 6. The second kappa shape index (κ2) is 12.7. The number of carbonyl (C=O) groups is 2. The minimum absolute atomic E-state index is 0.0353. The van der Waals surface area contributed by atoms with Gasteiger partial charge >= 0.3 is 11.9 Å². The second-order valence-electron chi connectivity index (χ2n) is 9.47. The lowest BCUT2D eigenvalue weighted by molar-refractivity contribution is -0.0543. The molecule has 4 atom stereocenters. The first-order chi connectivity index (χ1) is 19.5. The minimum Gasteiger partial charge on any atom is -0.459 e. The molecule has 1 aliphatic heterocycles. The number of methoxy groups -OCH3 is 1. The molecule has 0 spiro atoms. The Balaban J connectivity index is 1.23. The van der Waals surface area contributed by atoms with E-state index in [-0.39, 0.29) is 18.8 Å². The summed E-state index contributed by atoms with van der Waals surface area (Å²) in [6.07, 6.45) is -4.87. The Hall–Kier alpha value is -4.33. The molecule has 1 aliphatic rings. The first-order valence-electron chi connectivity index (χ1n) is 13.0. The Labute approximate surface area is 232 Å². The van der Waals surface area contributed by atoms with Gasteiger partial charge in [0.1, 0.15) is 18.8 Å². The van der Waals surface area contributed by atoms with Crippen LogP contribution in [0.5, 0.6) is 0 Å². The van der Waals surface area contributed by atoms with Gasteiger partial charge in [-0.3, -0.25) is 0 Å². The van der Waals surface area contributed by atoms with E-state index in [1.54, 1.807) is 36.4 Å². The summed E-state index contributed by atoms with van der Waals surface area (Å²) in [7, 11) is 1.43. The molecule has 7 heteroatoms. The molecule has 0 aromatic heterocycles. The molecule has 4 aromatic carbocycles. The van der Waals surface area contributed by atoms with E-state index in [9.17, 15) is 9.59 Å². The van der Waals surface area contributed by atoms with Crippen LogP contribution in [0.4, 0.5) is 4.39 Å². The summed E-state index contributed by atoms with van der Waals surface area (Å²) >= 11 is 0. The van der Waals surface area contributed by atoms with Crippen LogP contribution in [0.15, 0.2) is 109 Å². The molecule has 4 aromatic rings. The summed E-state index contributed by atoms with van der Waals surface area (Å²) in [4.78, 5) is 25.7. The molecule has 1 heterocycles. The predicted molar refractivity (Wildman–Crippen MR) is 149 cm³/mol. The quantitative estimate of drug-likeness (QED) is 0.237. The zero-order valence-corrected chi connectivity index (χ0v) is 21.9. The van der Waals surface area contributed by atoms with Crippen LogP contribution < -0.4 is 0 Å². The van der Waals surface area contributed by atoms with Crippen molar-refractivity contribution >= 4 is 11.9 Å². The molecule has 0 aliphatic carbocycles. The minimum atomic E-state index is -1.65. The molecule has 0 saturated carbocycles. The zero-order chi connectivity index (χ0) is 27.9. The van der Waals surface area contributed by atoms with Crippen molar-refractivity contribution in [1.82, 2.24) is 0 Å². The lowest BCUT2D eigenvalue weighted by Crippen LogP contribution is -2.37. The Bertz CT molecular complexity index is 1410. The van der Waals surface area contributed by atoms with Gasteiger partial charge in [0.25, 0.3) is 0 Å². The van der Waals surface area contributed by atoms with E-state index in [0.29, 0.717) is 5.56 Å². The highest BCUT2D eigenvalue weighted by Crippen LogP contribution is 2.29. The van der Waals surface area contributed by atoms with Gasteiger partial charge in [-0.2, -0.15) is 0 Å². The van der Waals surface area contributed by atoms with Gasteiger partial charge < -0.3 is 18.9 Å². The summed E-state index contributed by atoms with van der Waals surface area (Å²) in [6, 6.07) is 33.4. The molecule has 0 amide bonds. The summed E-state index contributed by atoms with van der Waals surface area (Å²) in [5.74, 6) is -1.28. The fourth-order valence-corrected chi connectivity index (χ4v) is 4.66. The van der Waals surface area contributed by atoms with Crippen molar-refractivity contribution in [1.29, 1.82) is 0 Å². The van der Waals surface area contributed by atoms with Crippen LogP contribution >= 0.6 is 0 Å². The Morgan fingerprint density at radius 1 is 0.650 bits per heavy atom. The van der Waals surface area contributed by atoms with Gasteiger partial charge in [0.05, 0.1) is 17.7 Å². The summed E-state index contributed by atoms with van der Waals surface area (Å²) in [5.41, 5.74) is 4.55. The largest absolute Gasteiger partial charge is 0.459 e. The maximum Gasteiger partial charge on any atom is 0.338 e. The van der Waals surface area contributed by atoms with Gasteiger partial charge in [0.15, 0.2) is 12.3 Å². The van der Waals surface area contributed by atoms with Gasteiger partial charge in [-0.15, -0.1) is 0 Å². The van der Waals surface area contributed by atoms with Crippen molar-refractivity contribution in [2.45, 2.75) is 24.5 Å². The van der Waals surface area contributed by atoms with Crippen molar-refractivity contribution in [2.75, 3.05) is 20.3 Å². The van der Waals surface area contributed by atoms with Crippen LogP contribution in [0, 0.1) is 0 Å². The third-order valence-electron chi connectivity index (χ3n) is 6.79. The number of halogens is 1. The highest BCUT2D eigenvalue weighted by atomic mass is 19.1. The van der Waals surface area contributed by atoms with Crippen LogP contribution in [0.3, 0.4) is 0 Å². The van der Waals surface area contributed by atoms with Gasteiger partial charge in [0.2, 0.25) is 0 Å². The van der Waals surface area contributed by atoms with Crippen molar-refractivity contribution in [3.8, 4) is 22.3 Å². The van der Waals surface area contributed by atoms with Gasteiger partial charge in [-0.25, -0.2) is 14.0 Å². The van der Waals surface area contributed by atoms with E-state index in [2.05, 4.69) is 0 Å². The van der Waals surface area contributed by atoms with Crippen LogP contribution in [0.25, 0.3) is 22.3 Å². The van der Waals surface area contributed by atoms with Crippen molar-refractivity contribution < 1.29 is 32.9 Å². The van der Waals surface area contributed by atoms with E-state index in [1.165, 1.54) is 7.11 Å². The highest BCUT2D eigenvalue weighted by molar-refractivity contribution is 5.91. The predicted octanol–water partition coefficient (Wildman–Crippen LogP) is 6.15. The molecule has 1 unspecified atom stereocenters. The van der Waals surface area contributed by atoms with E-state index in [4.69, 9.17) is 18.9 Å². The first kappa shape index (κ1) is 27.2. The molecule has 5 rings (SSSR count). The number of rotatable bonds is 9. The first-order valence-corrected chi connectivity index (χ1v) is 13.0. The van der Waals surface area contributed by atoms with Crippen molar-refractivity contribution in [3.05, 3.63) is 120 Å². The number of ether oxygens (including phenoxy) is 4. The number of alkyl halides is 1. The average Bonchev–Trinajstić information content (AvgIpc) is 3.30. The molecule has 0 radical (unpaired) electrons. The summed E-state index contributed by atoms with van der Waals surface area (Å²) in [5, 5.41) is 0.